The van der Waals surface area contributed by atoms with Crippen molar-refractivity contribution in [2.45, 2.75) is 40.3 Å². The van der Waals surface area contributed by atoms with Crippen molar-refractivity contribution in [3.63, 3.8) is 0 Å². The number of amides is 1. The third kappa shape index (κ3) is 4.45. The van der Waals surface area contributed by atoms with Crippen molar-refractivity contribution < 1.29 is 4.79 Å². The average molecular weight is 390 g/mol. The second-order valence-corrected chi connectivity index (χ2v) is 8.58. The van der Waals surface area contributed by atoms with Crippen LogP contribution in [0.25, 0.3) is 0 Å². The number of hydrogen-bond donors (Lipinski definition) is 1. The maximum atomic E-state index is 12.3. The lowest BCUT2D eigenvalue weighted by Crippen LogP contribution is -2.29. The van der Waals surface area contributed by atoms with Crippen LogP contribution in [0.2, 0.25) is 0 Å². The molecule has 0 spiro atoms. The molecule has 0 aliphatic carbocycles. The van der Waals surface area contributed by atoms with Crippen LogP contribution in [0.4, 0.5) is 5.00 Å². The van der Waals surface area contributed by atoms with Crippen LogP contribution >= 0.6 is 23.7 Å². The van der Waals surface area contributed by atoms with E-state index in [1.807, 2.05) is 26.8 Å². The SMILES string of the molecule is CC(C)(C)C(=O)Nc1sc2c(c1C#N)CCN(Cc1ccccc1)C2.Cl. The average Bonchev–Trinajstić information content (AvgIpc) is 2.91. The van der Waals surface area contributed by atoms with Crippen molar-refractivity contribution in [1.82, 2.24) is 4.90 Å². The highest BCUT2D eigenvalue weighted by Gasteiger charge is 2.28. The molecule has 1 N–H and O–H groups in total. The summed E-state index contributed by atoms with van der Waals surface area (Å²) in [6.45, 7) is 8.30. The number of fused-ring (bicyclic) bond motifs is 1. The minimum absolute atomic E-state index is 0. The zero-order valence-corrected chi connectivity index (χ0v) is 17.0. The van der Waals surface area contributed by atoms with Crippen molar-refractivity contribution in [3.8, 4) is 6.07 Å². The van der Waals surface area contributed by atoms with Gasteiger partial charge < -0.3 is 5.32 Å². The molecule has 6 heteroatoms. The first-order valence-corrected chi connectivity index (χ1v) is 9.32. The van der Waals surface area contributed by atoms with Gasteiger partial charge in [-0.2, -0.15) is 5.26 Å². The van der Waals surface area contributed by atoms with Crippen molar-refractivity contribution >= 4 is 34.7 Å². The van der Waals surface area contributed by atoms with Crippen molar-refractivity contribution in [3.05, 3.63) is 51.9 Å². The van der Waals surface area contributed by atoms with Crippen LogP contribution < -0.4 is 5.32 Å². The Balaban J connectivity index is 0.00000243. The van der Waals surface area contributed by atoms with Crippen LogP contribution in [-0.4, -0.2) is 17.4 Å². The molecule has 0 bridgehead atoms. The fraction of sp³-hybridized carbons (Fsp3) is 0.400. The van der Waals surface area contributed by atoms with Gasteiger partial charge in [-0.15, -0.1) is 23.7 Å². The standard InChI is InChI=1S/C20H23N3OS.ClH/c1-20(2,3)19(24)22-18-16(11-21)15-9-10-23(13-17(15)25-18)12-14-7-5-4-6-8-14;/h4-8H,9-10,12-13H2,1-3H3,(H,22,24);1H. The first-order chi connectivity index (χ1) is 11.9. The van der Waals surface area contributed by atoms with Crippen LogP contribution in [0.1, 0.15) is 42.3 Å². The summed E-state index contributed by atoms with van der Waals surface area (Å²) in [5.74, 6) is -0.0521. The molecule has 1 aliphatic rings. The molecule has 1 aromatic heterocycles. The number of nitrogens with zero attached hydrogens (tertiary/aromatic N) is 2. The Morgan fingerprint density at radius 3 is 2.62 bits per heavy atom. The van der Waals surface area contributed by atoms with E-state index in [4.69, 9.17) is 0 Å². The van der Waals surface area contributed by atoms with Gasteiger partial charge in [0.25, 0.3) is 0 Å². The molecule has 4 nitrogen and oxygen atoms in total. The molecule has 138 valence electrons. The zero-order valence-electron chi connectivity index (χ0n) is 15.3. The lowest BCUT2D eigenvalue weighted by Gasteiger charge is -2.26. The fourth-order valence-corrected chi connectivity index (χ4v) is 4.17. The lowest BCUT2D eigenvalue weighted by atomic mass is 9.95. The molecule has 0 unspecified atom stereocenters. The van der Waals surface area contributed by atoms with Crippen LogP contribution in [0.3, 0.4) is 0 Å². The maximum absolute atomic E-state index is 12.3. The Kier molecular flexibility index (Phi) is 6.46. The van der Waals surface area contributed by atoms with Gasteiger partial charge in [0.1, 0.15) is 11.1 Å². The van der Waals surface area contributed by atoms with E-state index in [2.05, 4.69) is 40.6 Å². The second-order valence-electron chi connectivity index (χ2n) is 7.47. The Morgan fingerprint density at radius 1 is 1.31 bits per heavy atom. The van der Waals surface area contributed by atoms with Gasteiger partial charge in [-0.05, 0) is 17.5 Å². The monoisotopic (exact) mass is 389 g/mol. The molecule has 1 aliphatic heterocycles. The summed E-state index contributed by atoms with van der Waals surface area (Å²) in [6.07, 6.45) is 0.854. The van der Waals surface area contributed by atoms with Gasteiger partial charge in [-0.1, -0.05) is 51.1 Å². The van der Waals surface area contributed by atoms with Gasteiger partial charge in [0.15, 0.2) is 0 Å². The van der Waals surface area contributed by atoms with E-state index in [9.17, 15) is 10.1 Å². The smallest absolute Gasteiger partial charge is 0.230 e. The molecule has 1 amide bonds. The summed E-state index contributed by atoms with van der Waals surface area (Å²) >= 11 is 1.55. The minimum atomic E-state index is -0.476. The molecule has 0 saturated heterocycles. The lowest BCUT2D eigenvalue weighted by molar-refractivity contribution is -0.123. The maximum Gasteiger partial charge on any atom is 0.230 e. The number of carbonyl (C=O) groups is 1. The highest BCUT2D eigenvalue weighted by atomic mass is 35.5. The highest BCUT2D eigenvalue weighted by molar-refractivity contribution is 7.16. The molecule has 0 radical (unpaired) electrons. The normalized spacial score (nSPS) is 14.1. The Morgan fingerprint density at radius 2 is 2.00 bits per heavy atom. The van der Waals surface area contributed by atoms with Crippen molar-refractivity contribution in [2.24, 2.45) is 5.41 Å². The first kappa shape index (κ1) is 20.4. The number of thiophene rings is 1. The molecule has 0 saturated carbocycles. The largest absolute Gasteiger partial charge is 0.316 e. The van der Waals surface area contributed by atoms with E-state index < -0.39 is 5.41 Å². The number of nitriles is 1. The van der Waals surface area contributed by atoms with Gasteiger partial charge >= 0.3 is 0 Å². The number of halogens is 1. The van der Waals surface area contributed by atoms with Gasteiger partial charge in [-0.3, -0.25) is 9.69 Å². The molecule has 2 aromatic rings. The van der Waals surface area contributed by atoms with Crippen molar-refractivity contribution in [2.75, 3.05) is 11.9 Å². The van der Waals surface area contributed by atoms with Crippen LogP contribution in [-0.2, 0) is 24.3 Å². The second kappa shape index (κ2) is 8.22. The quantitative estimate of drug-likeness (QED) is 0.835. The minimum Gasteiger partial charge on any atom is -0.316 e. The number of hydrogen-bond acceptors (Lipinski definition) is 4. The van der Waals surface area contributed by atoms with Crippen LogP contribution in [0.5, 0.6) is 0 Å². The summed E-state index contributed by atoms with van der Waals surface area (Å²) < 4.78 is 0. The van der Waals surface area contributed by atoms with E-state index in [1.165, 1.54) is 10.4 Å². The Bertz CT molecular complexity index is 818. The number of nitrogens with one attached hydrogen (secondary N) is 1. The molecule has 2 heterocycles. The topological polar surface area (TPSA) is 56.1 Å². The summed E-state index contributed by atoms with van der Waals surface area (Å²) in [7, 11) is 0. The van der Waals surface area contributed by atoms with E-state index in [0.717, 1.165) is 31.6 Å². The predicted octanol–water partition coefficient (Wildman–Crippen LogP) is 4.58. The number of benzene rings is 1. The third-order valence-electron chi connectivity index (χ3n) is 4.40. The zero-order chi connectivity index (χ0) is 18.0. The number of carbonyl (C=O) groups excluding carboxylic acids is 1. The fourth-order valence-electron chi connectivity index (χ4n) is 2.93. The molecule has 3 rings (SSSR count). The van der Waals surface area contributed by atoms with E-state index in [-0.39, 0.29) is 18.3 Å². The molecule has 0 fully saturated rings. The van der Waals surface area contributed by atoms with E-state index in [1.54, 1.807) is 11.3 Å². The molecule has 26 heavy (non-hydrogen) atoms. The molecule has 1 aromatic carbocycles. The van der Waals surface area contributed by atoms with Crippen molar-refractivity contribution in [1.29, 1.82) is 5.26 Å². The van der Waals surface area contributed by atoms with E-state index >= 15 is 0 Å². The van der Waals surface area contributed by atoms with Crippen LogP contribution in [0, 0.1) is 16.7 Å². The number of rotatable bonds is 3. The van der Waals surface area contributed by atoms with Crippen LogP contribution in [0.15, 0.2) is 30.3 Å². The Labute approximate surface area is 165 Å². The highest BCUT2D eigenvalue weighted by Crippen LogP contribution is 2.37. The molecular formula is C20H24ClN3OS. The van der Waals surface area contributed by atoms with E-state index in [0.29, 0.717) is 10.6 Å². The summed E-state index contributed by atoms with van der Waals surface area (Å²) in [4.78, 5) is 15.9. The predicted molar refractivity (Wildman–Crippen MR) is 109 cm³/mol. The summed E-state index contributed by atoms with van der Waals surface area (Å²) in [5, 5.41) is 13.2. The summed E-state index contributed by atoms with van der Waals surface area (Å²) in [6, 6.07) is 12.7. The first-order valence-electron chi connectivity index (χ1n) is 8.51. The van der Waals surface area contributed by atoms with Gasteiger partial charge in [-0.25, -0.2) is 0 Å². The number of anilines is 1. The third-order valence-corrected chi connectivity index (χ3v) is 5.54. The Hall–Kier alpha value is -1.87. The molecule has 0 atom stereocenters. The molecular weight excluding hydrogens is 366 g/mol. The summed E-state index contributed by atoms with van der Waals surface area (Å²) in [5.41, 5.74) is 2.58. The van der Waals surface area contributed by atoms with Gasteiger partial charge in [0, 0.05) is 29.9 Å². The van der Waals surface area contributed by atoms with Gasteiger partial charge in [0.2, 0.25) is 5.91 Å². The van der Waals surface area contributed by atoms with Gasteiger partial charge in [0.05, 0.1) is 5.56 Å².